The summed E-state index contributed by atoms with van der Waals surface area (Å²) in [4.78, 5) is 24.5. The lowest BCUT2D eigenvalue weighted by molar-refractivity contribution is -0.138. The Morgan fingerprint density at radius 3 is 2.55 bits per heavy atom. The van der Waals surface area contributed by atoms with E-state index in [1.807, 2.05) is 4.98 Å². The minimum Gasteiger partial charge on any atom is -0.444 e. The summed E-state index contributed by atoms with van der Waals surface area (Å²) in [7, 11) is 0. The number of aromatic nitrogens is 1. The van der Waals surface area contributed by atoms with Gasteiger partial charge in [0.05, 0.1) is 0 Å². The van der Waals surface area contributed by atoms with E-state index in [1.54, 1.807) is 20.8 Å². The van der Waals surface area contributed by atoms with Crippen molar-refractivity contribution in [3.63, 3.8) is 0 Å². The van der Waals surface area contributed by atoms with Crippen molar-refractivity contribution in [2.45, 2.75) is 32.5 Å². The molecule has 1 amide bonds. The van der Waals surface area contributed by atoms with E-state index in [-0.39, 0.29) is 12.1 Å². The highest BCUT2D eigenvalue weighted by atomic mass is 19.4. The average Bonchev–Trinajstić information content (AvgIpc) is 2.33. The highest BCUT2D eigenvalue weighted by Crippen LogP contribution is 2.26. The van der Waals surface area contributed by atoms with E-state index in [0.29, 0.717) is 0 Å². The van der Waals surface area contributed by atoms with Crippen molar-refractivity contribution < 1.29 is 22.7 Å². The van der Waals surface area contributed by atoms with Crippen molar-refractivity contribution in [1.82, 2.24) is 10.3 Å². The molecule has 1 rings (SSSR count). The third-order valence-electron chi connectivity index (χ3n) is 2.30. The summed E-state index contributed by atoms with van der Waals surface area (Å²) in [6.07, 6.45) is -1.40. The third kappa shape index (κ3) is 6.02. The lowest BCUT2D eigenvalue weighted by Crippen LogP contribution is -2.32. The van der Waals surface area contributed by atoms with Gasteiger partial charge in [0.2, 0.25) is 0 Å². The van der Waals surface area contributed by atoms with Crippen LogP contribution in [-0.4, -0.2) is 23.2 Å². The molecule has 0 fully saturated rings. The maximum Gasteiger partial charge on any atom is 0.421 e. The minimum atomic E-state index is -4.72. The molecule has 0 aliphatic carbocycles. The fourth-order valence-corrected chi connectivity index (χ4v) is 1.46. The molecule has 0 radical (unpaired) electrons. The quantitative estimate of drug-likeness (QED) is 0.900. The Morgan fingerprint density at radius 1 is 1.36 bits per heavy atom. The first-order valence-electron chi connectivity index (χ1n) is 6.42. The van der Waals surface area contributed by atoms with E-state index in [1.165, 1.54) is 12.2 Å². The lowest BCUT2D eigenvalue weighted by Gasteiger charge is -2.19. The first-order valence-corrected chi connectivity index (χ1v) is 6.42. The number of carbonyl (C=O) groups is 1. The van der Waals surface area contributed by atoms with Crippen LogP contribution in [0.15, 0.2) is 23.1 Å². The van der Waals surface area contributed by atoms with Gasteiger partial charge in [-0.25, -0.2) is 4.79 Å². The predicted octanol–water partition coefficient (Wildman–Crippen LogP) is 2.93. The topological polar surface area (TPSA) is 71.2 Å². The smallest absolute Gasteiger partial charge is 0.421 e. The number of ether oxygens (including phenoxy) is 1. The normalized spacial score (nSPS) is 12.5. The van der Waals surface area contributed by atoms with E-state index in [4.69, 9.17) is 4.74 Å². The van der Waals surface area contributed by atoms with Gasteiger partial charge in [-0.05, 0) is 32.4 Å². The highest BCUT2D eigenvalue weighted by molar-refractivity contribution is 5.68. The van der Waals surface area contributed by atoms with Crippen LogP contribution in [0.5, 0.6) is 0 Å². The number of aromatic amines is 1. The van der Waals surface area contributed by atoms with E-state index in [9.17, 15) is 22.8 Å². The molecule has 0 atom stereocenters. The van der Waals surface area contributed by atoms with Crippen molar-refractivity contribution in [2.24, 2.45) is 0 Å². The van der Waals surface area contributed by atoms with Crippen molar-refractivity contribution in [1.29, 1.82) is 0 Å². The molecule has 0 saturated carbocycles. The molecule has 1 aromatic heterocycles. The molecule has 8 heteroatoms. The van der Waals surface area contributed by atoms with Crippen molar-refractivity contribution in [2.75, 3.05) is 6.54 Å². The zero-order valence-electron chi connectivity index (χ0n) is 12.4. The first kappa shape index (κ1) is 17.8. The van der Waals surface area contributed by atoms with Gasteiger partial charge >= 0.3 is 12.3 Å². The molecule has 1 aromatic rings. The van der Waals surface area contributed by atoms with Crippen LogP contribution < -0.4 is 10.9 Å². The molecule has 0 unspecified atom stereocenters. The third-order valence-corrected chi connectivity index (χ3v) is 2.30. The lowest BCUT2D eigenvalue weighted by atomic mass is 10.2. The standard InChI is InChI=1S/C14H17F3N2O3/c1-13(2,3)22-12(21)18-6-4-5-9-7-10(14(15,16)17)11(20)19-8-9/h4-5,7-8H,6H2,1-3H3,(H,18,21)(H,19,20). The average molecular weight is 318 g/mol. The van der Waals surface area contributed by atoms with E-state index >= 15 is 0 Å². The number of hydrogen-bond donors (Lipinski definition) is 2. The second-order valence-corrected chi connectivity index (χ2v) is 5.46. The summed E-state index contributed by atoms with van der Waals surface area (Å²) in [6.45, 7) is 5.21. The molecule has 0 aromatic carbocycles. The highest BCUT2D eigenvalue weighted by Gasteiger charge is 2.33. The number of H-pyrrole nitrogens is 1. The fourth-order valence-electron chi connectivity index (χ4n) is 1.46. The molecule has 1 heterocycles. The Kier molecular flexibility index (Phi) is 5.40. The maximum atomic E-state index is 12.6. The Morgan fingerprint density at radius 2 is 2.00 bits per heavy atom. The summed E-state index contributed by atoms with van der Waals surface area (Å²) < 4.78 is 42.7. The number of pyridine rings is 1. The van der Waals surface area contributed by atoms with Gasteiger partial charge in [0.25, 0.3) is 5.56 Å². The number of carbonyl (C=O) groups excluding carboxylic acids is 1. The molecular formula is C14H17F3N2O3. The number of alkyl carbamates (subject to hydrolysis) is 1. The zero-order valence-corrected chi connectivity index (χ0v) is 12.4. The van der Waals surface area contributed by atoms with Crippen molar-refractivity contribution in [3.05, 3.63) is 39.8 Å². The number of amides is 1. The summed E-state index contributed by atoms with van der Waals surface area (Å²) in [5.74, 6) is 0. The number of hydrogen-bond acceptors (Lipinski definition) is 3. The van der Waals surface area contributed by atoms with Gasteiger partial charge in [-0.15, -0.1) is 0 Å². The Hall–Kier alpha value is -2.25. The second-order valence-electron chi connectivity index (χ2n) is 5.46. The molecule has 0 spiro atoms. The minimum absolute atomic E-state index is 0.0788. The Bertz CT molecular complexity index is 613. The molecule has 2 N–H and O–H groups in total. The van der Waals surface area contributed by atoms with Gasteiger partial charge < -0.3 is 15.0 Å². The molecule has 0 aliphatic rings. The van der Waals surface area contributed by atoms with Gasteiger partial charge in [0.15, 0.2) is 0 Å². The van der Waals surface area contributed by atoms with Crippen molar-refractivity contribution >= 4 is 12.2 Å². The van der Waals surface area contributed by atoms with Gasteiger partial charge in [-0.1, -0.05) is 12.2 Å². The van der Waals surface area contributed by atoms with Crippen LogP contribution in [-0.2, 0) is 10.9 Å². The summed E-state index contributed by atoms with van der Waals surface area (Å²) in [5.41, 5.74) is -2.93. The van der Waals surface area contributed by atoms with E-state index in [2.05, 4.69) is 5.32 Å². The molecule has 122 valence electrons. The van der Waals surface area contributed by atoms with E-state index in [0.717, 1.165) is 12.3 Å². The monoisotopic (exact) mass is 318 g/mol. The SMILES string of the molecule is CC(C)(C)OC(=O)NCC=Cc1c[nH]c(=O)c(C(F)(F)F)c1. The zero-order chi connectivity index (χ0) is 17.0. The van der Waals surface area contributed by atoms with Crippen LogP contribution in [0, 0.1) is 0 Å². The number of rotatable bonds is 3. The number of alkyl halides is 3. The first-order chi connectivity index (χ1) is 9.99. The van der Waals surface area contributed by atoms with E-state index < -0.39 is 29.0 Å². The van der Waals surface area contributed by atoms with Gasteiger partial charge in [-0.2, -0.15) is 13.2 Å². The van der Waals surface area contributed by atoms with Crippen LogP contribution in [0.2, 0.25) is 0 Å². The molecular weight excluding hydrogens is 301 g/mol. The number of halogens is 3. The summed E-state index contributed by atoms with van der Waals surface area (Å²) >= 11 is 0. The van der Waals surface area contributed by atoms with Crippen LogP contribution >= 0.6 is 0 Å². The Balaban J connectivity index is 2.65. The maximum absolute atomic E-state index is 12.6. The molecule has 5 nitrogen and oxygen atoms in total. The fraction of sp³-hybridized carbons (Fsp3) is 0.429. The van der Waals surface area contributed by atoms with Gasteiger partial charge in [0, 0.05) is 12.7 Å². The van der Waals surface area contributed by atoms with Crippen LogP contribution in [0.25, 0.3) is 6.08 Å². The summed E-state index contributed by atoms with van der Waals surface area (Å²) in [5, 5.41) is 2.42. The van der Waals surface area contributed by atoms with Crippen LogP contribution in [0.1, 0.15) is 31.9 Å². The van der Waals surface area contributed by atoms with Gasteiger partial charge in [0.1, 0.15) is 11.2 Å². The predicted molar refractivity (Wildman–Crippen MR) is 75.3 cm³/mol. The number of nitrogens with one attached hydrogen (secondary N) is 2. The van der Waals surface area contributed by atoms with Gasteiger partial charge in [-0.3, -0.25) is 4.79 Å². The van der Waals surface area contributed by atoms with Crippen LogP contribution in [0.3, 0.4) is 0 Å². The molecule has 22 heavy (non-hydrogen) atoms. The molecule has 0 bridgehead atoms. The van der Waals surface area contributed by atoms with Crippen molar-refractivity contribution in [3.8, 4) is 0 Å². The summed E-state index contributed by atoms with van der Waals surface area (Å²) in [6, 6.07) is 0.739. The van der Waals surface area contributed by atoms with Crippen LogP contribution in [0.4, 0.5) is 18.0 Å². The molecule has 0 saturated heterocycles. The Labute approximate surface area is 125 Å². The largest absolute Gasteiger partial charge is 0.444 e. The second kappa shape index (κ2) is 6.67. The molecule has 0 aliphatic heterocycles.